The number of nitrogens with zero attached hydrogens (tertiary/aromatic N) is 4. The molecule has 0 aliphatic heterocycles. The van der Waals surface area contributed by atoms with Gasteiger partial charge >= 0.3 is 6.18 Å². The third-order valence-corrected chi connectivity index (χ3v) is 3.44. The van der Waals surface area contributed by atoms with Gasteiger partial charge < -0.3 is 0 Å². The number of benzene rings is 1. The van der Waals surface area contributed by atoms with Gasteiger partial charge in [0.1, 0.15) is 5.70 Å². The molecule has 4 nitrogen and oxygen atoms in total. The number of hydrogen-bond donors (Lipinski definition) is 0. The Morgan fingerprint density at radius 3 is 2.54 bits per heavy atom. The molecular weight excluding hydrogens is 341 g/mol. The number of pyridine rings is 1. The van der Waals surface area contributed by atoms with Crippen molar-refractivity contribution in [2.45, 2.75) is 13.1 Å². The Hall–Kier alpha value is -3.27. The number of halogens is 3. The highest BCUT2D eigenvalue weighted by Gasteiger charge is 2.30. The zero-order chi connectivity index (χ0) is 19.2. The molecule has 1 aromatic carbocycles. The van der Waals surface area contributed by atoms with Crippen molar-refractivity contribution in [1.82, 2.24) is 4.98 Å². The van der Waals surface area contributed by atoms with E-state index in [1.807, 2.05) is 6.07 Å². The van der Waals surface area contributed by atoms with E-state index in [2.05, 4.69) is 15.2 Å². The highest BCUT2D eigenvalue weighted by atomic mass is 19.4. The molecule has 2 rings (SSSR count). The maximum atomic E-state index is 12.7. The van der Waals surface area contributed by atoms with Gasteiger partial charge in [-0.1, -0.05) is 30.4 Å². The molecule has 7 heteroatoms. The van der Waals surface area contributed by atoms with Crippen LogP contribution in [0.15, 0.2) is 58.5 Å². The number of nitriles is 1. The van der Waals surface area contributed by atoms with Crippen LogP contribution in [0.2, 0.25) is 0 Å². The van der Waals surface area contributed by atoms with E-state index in [9.17, 15) is 13.2 Å². The number of rotatable bonds is 4. The monoisotopic (exact) mass is 356 g/mol. The summed E-state index contributed by atoms with van der Waals surface area (Å²) in [5, 5.41) is 16.8. The molecule has 0 saturated carbocycles. The molecule has 2 aromatic rings. The van der Waals surface area contributed by atoms with E-state index in [4.69, 9.17) is 5.26 Å². The summed E-state index contributed by atoms with van der Waals surface area (Å²) in [6, 6.07) is 10.2. The van der Waals surface area contributed by atoms with Crippen LogP contribution in [0.3, 0.4) is 0 Å². The second-order valence-corrected chi connectivity index (χ2v) is 5.35. The summed E-state index contributed by atoms with van der Waals surface area (Å²) in [5.41, 5.74) is 1.84. The van der Waals surface area contributed by atoms with E-state index in [1.165, 1.54) is 13.2 Å². The lowest BCUT2D eigenvalue weighted by Gasteiger charge is -2.06. The smallest absolute Gasteiger partial charge is 0.263 e. The van der Waals surface area contributed by atoms with Crippen LogP contribution in [0.4, 0.5) is 13.2 Å². The quantitative estimate of drug-likeness (QED) is 0.528. The van der Waals surface area contributed by atoms with Crippen LogP contribution in [-0.4, -0.2) is 12.0 Å². The third-order valence-electron chi connectivity index (χ3n) is 3.44. The molecule has 0 N–H and O–H groups in total. The molecule has 0 atom stereocenters. The van der Waals surface area contributed by atoms with Crippen molar-refractivity contribution < 1.29 is 13.2 Å². The molecule has 0 amide bonds. The SMILES string of the molecule is CN=N/C(=C(\C)C#N)c1cccc(/C=C/c2cncc(C(F)(F)F)c2)c1. The minimum absolute atomic E-state index is 0.336. The molecule has 1 aromatic heterocycles. The molecule has 0 spiro atoms. The molecule has 1 heterocycles. The molecule has 0 saturated heterocycles. The highest BCUT2D eigenvalue weighted by molar-refractivity contribution is 5.75. The van der Waals surface area contributed by atoms with Gasteiger partial charge in [-0.3, -0.25) is 4.98 Å². The van der Waals surface area contributed by atoms with Crippen LogP contribution < -0.4 is 0 Å². The molecule has 132 valence electrons. The van der Waals surface area contributed by atoms with Gasteiger partial charge in [0.25, 0.3) is 0 Å². The van der Waals surface area contributed by atoms with Crippen LogP contribution in [0.25, 0.3) is 17.8 Å². The average molecular weight is 356 g/mol. The van der Waals surface area contributed by atoms with E-state index in [1.54, 1.807) is 43.3 Å². The van der Waals surface area contributed by atoms with Crippen molar-refractivity contribution in [3.8, 4) is 6.07 Å². The predicted octanol–water partition coefficient (Wildman–Crippen LogP) is 5.61. The van der Waals surface area contributed by atoms with Gasteiger partial charge in [-0.15, -0.1) is 0 Å². The van der Waals surface area contributed by atoms with E-state index >= 15 is 0 Å². The second-order valence-electron chi connectivity index (χ2n) is 5.35. The van der Waals surface area contributed by atoms with E-state index in [-0.39, 0.29) is 0 Å². The minimum atomic E-state index is -4.43. The zero-order valence-corrected chi connectivity index (χ0v) is 14.1. The number of azo groups is 1. The summed E-state index contributed by atoms with van der Waals surface area (Å²) in [5.74, 6) is 0. The van der Waals surface area contributed by atoms with Gasteiger partial charge in [0.2, 0.25) is 0 Å². The first-order chi connectivity index (χ1) is 12.3. The van der Waals surface area contributed by atoms with E-state index in [0.29, 0.717) is 22.4 Å². The van der Waals surface area contributed by atoms with Crippen molar-refractivity contribution in [2.75, 3.05) is 7.05 Å². The first-order valence-corrected chi connectivity index (χ1v) is 7.56. The maximum absolute atomic E-state index is 12.7. The fourth-order valence-corrected chi connectivity index (χ4v) is 2.19. The highest BCUT2D eigenvalue weighted by Crippen LogP contribution is 2.29. The summed E-state index contributed by atoms with van der Waals surface area (Å²) in [4.78, 5) is 3.63. The van der Waals surface area contributed by atoms with Gasteiger partial charge in [-0.2, -0.15) is 28.7 Å². The van der Waals surface area contributed by atoms with Crippen molar-refractivity contribution in [2.24, 2.45) is 10.2 Å². The molecule has 0 aliphatic rings. The fraction of sp³-hybridized carbons (Fsp3) is 0.158. The fourth-order valence-electron chi connectivity index (χ4n) is 2.19. The summed E-state index contributed by atoms with van der Waals surface area (Å²) < 4.78 is 38.2. The van der Waals surface area contributed by atoms with E-state index < -0.39 is 11.7 Å². The third kappa shape index (κ3) is 4.86. The zero-order valence-electron chi connectivity index (χ0n) is 14.1. The Morgan fingerprint density at radius 2 is 1.88 bits per heavy atom. The van der Waals surface area contributed by atoms with Gasteiger partial charge in [-0.05, 0) is 30.2 Å². The Kier molecular flexibility index (Phi) is 6.02. The normalized spacial score (nSPS) is 13.1. The Balaban J connectivity index is 2.35. The number of aromatic nitrogens is 1. The lowest BCUT2D eigenvalue weighted by molar-refractivity contribution is -0.137. The minimum Gasteiger partial charge on any atom is -0.263 e. The van der Waals surface area contributed by atoms with Crippen molar-refractivity contribution in [3.63, 3.8) is 0 Å². The van der Waals surface area contributed by atoms with Crippen LogP contribution in [-0.2, 0) is 6.18 Å². The maximum Gasteiger partial charge on any atom is 0.417 e. The lowest BCUT2D eigenvalue weighted by atomic mass is 10.0. The standard InChI is InChI=1S/C19H15F3N4/c1-13(10-23)18(26-24-2)16-5-3-4-14(8-16)6-7-15-9-17(12-25-11-15)19(20,21)22/h3-9,11-12H,1-2H3/b7-6+,18-13+,26-24?. The summed E-state index contributed by atoms with van der Waals surface area (Å²) in [6.45, 7) is 1.64. The number of hydrogen-bond acceptors (Lipinski definition) is 4. The van der Waals surface area contributed by atoms with Gasteiger partial charge in [0.05, 0.1) is 17.2 Å². The van der Waals surface area contributed by atoms with E-state index in [0.717, 1.165) is 17.8 Å². The number of allylic oxidation sites excluding steroid dienone is 1. The summed E-state index contributed by atoms with van der Waals surface area (Å²) in [7, 11) is 1.51. The first kappa shape index (κ1) is 19.1. The molecule has 26 heavy (non-hydrogen) atoms. The Bertz CT molecular complexity index is 919. The van der Waals surface area contributed by atoms with Crippen LogP contribution >= 0.6 is 0 Å². The second kappa shape index (κ2) is 8.21. The number of alkyl halides is 3. The van der Waals surface area contributed by atoms with Crippen LogP contribution in [0.5, 0.6) is 0 Å². The van der Waals surface area contributed by atoms with Crippen molar-refractivity contribution in [1.29, 1.82) is 5.26 Å². The molecule has 0 unspecified atom stereocenters. The van der Waals surface area contributed by atoms with Crippen molar-refractivity contribution >= 4 is 17.8 Å². The largest absolute Gasteiger partial charge is 0.417 e. The Labute approximate surface area is 149 Å². The van der Waals surface area contributed by atoms with Gasteiger partial charge in [0, 0.05) is 25.0 Å². The molecule has 0 aliphatic carbocycles. The predicted molar refractivity (Wildman–Crippen MR) is 93.6 cm³/mol. The van der Waals surface area contributed by atoms with Gasteiger partial charge in [0.15, 0.2) is 0 Å². The van der Waals surface area contributed by atoms with Gasteiger partial charge in [-0.25, -0.2) is 0 Å². The topological polar surface area (TPSA) is 61.4 Å². The van der Waals surface area contributed by atoms with Crippen LogP contribution in [0, 0.1) is 11.3 Å². The summed E-state index contributed by atoms with van der Waals surface area (Å²) >= 11 is 0. The van der Waals surface area contributed by atoms with Crippen molar-refractivity contribution in [3.05, 3.63) is 70.6 Å². The first-order valence-electron chi connectivity index (χ1n) is 7.56. The Morgan fingerprint density at radius 1 is 1.15 bits per heavy atom. The summed E-state index contributed by atoms with van der Waals surface area (Å²) in [6.07, 6.45) is 0.921. The molecule has 0 fully saturated rings. The molecule has 0 bridgehead atoms. The average Bonchev–Trinajstić information content (AvgIpc) is 2.63. The molecular formula is C19H15F3N4. The lowest BCUT2D eigenvalue weighted by Crippen LogP contribution is -2.05. The van der Waals surface area contributed by atoms with Crippen LogP contribution in [0.1, 0.15) is 29.2 Å². The molecule has 0 radical (unpaired) electrons.